The van der Waals surface area contributed by atoms with Crippen LogP contribution in [0.15, 0.2) is 205 Å². The average molecular weight is 1100 g/mol. The Morgan fingerprint density at radius 2 is 0.866 bits per heavy atom. The van der Waals surface area contributed by atoms with Crippen LogP contribution in [0.4, 0.5) is 17.1 Å². The Bertz CT molecular complexity index is 3810. The summed E-state index contributed by atoms with van der Waals surface area (Å²) in [7, 11) is 0. The predicted molar refractivity (Wildman–Crippen MR) is 308 cm³/mol. The minimum absolute atomic E-state index is 0.0566. The molecule has 1 aliphatic carbocycles. The van der Waals surface area contributed by atoms with Gasteiger partial charge in [0.25, 0.3) is 23.6 Å². The second-order valence-corrected chi connectivity index (χ2v) is 19.3. The molecule has 4 heterocycles. The van der Waals surface area contributed by atoms with Crippen molar-refractivity contribution in [2.45, 2.75) is 32.0 Å². The van der Waals surface area contributed by atoms with E-state index in [1.165, 1.54) is 6.26 Å². The summed E-state index contributed by atoms with van der Waals surface area (Å²) in [5.41, 5.74) is 7.64. The van der Waals surface area contributed by atoms with Gasteiger partial charge in [0.2, 0.25) is 0 Å². The van der Waals surface area contributed by atoms with Crippen LogP contribution in [-0.4, -0.2) is 66.8 Å². The Balaban J connectivity index is 0.000000138. The molecule has 7 aromatic carbocycles. The third-order valence-electron chi connectivity index (χ3n) is 13.2. The van der Waals surface area contributed by atoms with Crippen LogP contribution in [0.1, 0.15) is 103 Å². The number of nitrogens with one attached hydrogen (secondary N) is 6. The van der Waals surface area contributed by atoms with E-state index in [2.05, 4.69) is 45.1 Å². The van der Waals surface area contributed by atoms with E-state index >= 15 is 0 Å². The lowest BCUT2D eigenvalue weighted by atomic mass is 9.97. The second-order valence-electron chi connectivity index (χ2n) is 19.3. The number of rotatable bonds is 14. The number of furan rings is 1. The summed E-state index contributed by atoms with van der Waals surface area (Å²) in [6.45, 7) is 9.05. The Morgan fingerprint density at radius 3 is 1.32 bits per heavy atom. The fraction of sp³-hybridized carbons (Fsp3) is 0.123. The van der Waals surface area contributed by atoms with E-state index in [9.17, 15) is 33.6 Å². The predicted octanol–water partition coefficient (Wildman–Crippen LogP) is 10.1. The maximum Gasteiger partial charge on any atom is 0.262 e. The zero-order valence-corrected chi connectivity index (χ0v) is 44.2. The summed E-state index contributed by atoms with van der Waals surface area (Å²) >= 11 is 0. The Labute approximate surface area is 471 Å². The number of carbonyl (C=O) groups excluding carboxylic acids is 7. The molecule has 17 nitrogen and oxygen atoms in total. The standard InChI is InChI=1S/C24H20N2O3.C21H16N2O5.C20H18N2O3/c1-16-15-29-22-12-11-18(13-21(22)26-16)23(27)19-9-5-6-10-20(19)24(28)25-14-17-7-3-2-4-8-17;24-19-12-28-18-8-7-13(10-17(18)23-19)20(25)15-5-1-2-6-16(15)21(26)22-11-14-4-3-9-27-14;1-12-11-25-18-9-6-13(10-17(18)21-12)19(23)15-4-2-3-5-16(15)20(24)22-14-7-8-14/h2-13,26H,1,14-15H2,(H,25,28);1-10H,11-12H2,(H,22,26)(H,23,24);2-6,9-10,14,21H,1,7-8,11H2,(H,22,24). The van der Waals surface area contributed by atoms with Crippen molar-refractivity contribution < 1.29 is 52.2 Å². The van der Waals surface area contributed by atoms with E-state index in [0.29, 0.717) is 98.8 Å². The van der Waals surface area contributed by atoms with Crippen LogP contribution in [-0.2, 0) is 17.9 Å². The summed E-state index contributed by atoms with van der Waals surface area (Å²) in [5, 5.41) is 17.5. The smallest absolute Gasteiger partial charge is 0.262 e. The summed E-state index contributed by atoms with van der Waals surface area (Å²) < 4.78 is 21.6. The van der Waals surface area contributed by atoms with Crippen molar-refractivity contribution in [1.82, 2.24) is 16.0 Å². The first kappa shape index (κ1) is 54.5. The molecule has 0 bridgehead atoms. The molecule has 410 valence electrons. The Hall–Kier alpha value is -10.8. The summed E-state index contributed by atoms with van der Waals surface area (Å²) in [6, 6.07) is 48.8. The van der Waals surface area contributed by atoms with E-state index in [-0.39, 0.29) is 71.3 Å². The van der Waals surface area contributed by atoms with Gasteiger partial charge in [-0.05, 0) is 103 Å². The summed E-state index contributed by atoms with van der Waals surface area (Å²) in [4.78, 5) is 88.4. The van der Waals surface area contributed by atoms with Gasteiger partial charge in [-0.25, -0.2) is 0 Å². The van der Waals surface area contributed by atoms with Crippen molar-refractivity contribution in [3.05, 3.63) is 262 Å². The van der Waals surface area contributed by atoms with Crippen molar-refractivity contribution >= 4 is 58.0 Å². The number of benzene rings is 7. The first-order chi connectivity index (χ1) is 39.8. The normalized spacial score (nSPS) is 13.4. The largest absolute Gasteiger partial charge is 0.485 e. The molecule has 6 N–H and O–H groups in total. The highest BCUT2D eigenvalue weighted by Gasteiger charge is 2.28. The molecule has 12 rings (SSSR count). The zero-order valence-electron chi connectivity index (χ0n) is 44.2. The van der Waals surface area contributed by atoms with Crippen LogP contribution in [0.25, 0.3) is 0 Å². The van der Waals surface area contributed by atoms with Crippen molar-refractivity contribution in [1.29, 1.82) is 0 Å². The van der Waals surface area contributed by atoms with E-state index < -0.39 is 0 Å². The minimum atomic E-state index is -0.380. The highest BCUT2D eigenvalue weighted by atomic mass is 16.5. The van der Waals surface area contributed by atoms with Crippen molar-refractivity contribution in [3.8, 4) is 17.2 Å². The van der Waals surface area contributed by atoms with Gasteiger partial charge in [0, 0.05) is 57.4 Å². The molecule has 82 heavy (non-hydrogen) atoms. The van der Waals surface area contributed by atoms with Gasteiger partial charge in [0.15, 0.2) is 24.0 Å². The fourth-order valence-corrected chi connectivity index (χ4v) is 8.94. The highest BCUT2D eigenvalue weighted by Crippen LogP contribution is 2.34. The first-order valence-corrected chi connectivity index (χ1v) is 26.2. The molecule has 4 aliphatic rings. The molecular formula is C65H54N6O11. The molecule has 1 aromatic heterocycles. The lowest BCUT2D eigenvalue weighted by molar-refractivity contribution is -0.118. The number of hydrogen-bond acceptors (Lipinski definition) is 13. The van der Waals surface area contributed by atoms with E-state index in [0.717, 1.165) is 29.8 Å². The molecule has 0 atom stereocenters. The first-order valence-electron chi connectivity index (χ1n) is 26.2. The van der Waals surface area contributed by atoms with Gasteiger partial charge in [-0.1, -0.05) is 98.1 Å². The van der Waals surface area contributed by atoms with Gasteiger partial charge in [0.05, 0.1) is 46.6 Å². The number of amides is 4. The number of ketones is 3. The quantitative estimate of drug-likeness (QED) is 0.0557. The Morgan fingerprint density at radius 1 is 0.451 bits per heavy atom. The van der Waals surface area contributed by atoms with Crippen LogP contribution in [0.5, 0.6) is 17.2 Å². The van der Waals surface area contributed by atoms with Gasteiger partial charge in [-0.15, -0.1) is 0 Å². The SMILES string of the molecule is C=C1COc2ccc(C(=O)c3ccccc3C(=O)NC3CC3)cc2N1.C=C1COc2ccc(C(=O)c3ccccc3C(=O)NCc3ccccc3)cc2N1.O=C1COc2ccc(C(=O)c3ccccc3C(=O)NCc3ccco3)cc2N1. The van der Waals surface area contributed by atoms with Crippen LogP contribution < -0.4 is 46.1 Å². The monoisotopic (exact) mass is 1090 g/mol. The van der Waals surface area contributed by atoms with Crippen LogP contribution in [0.3, 0.4) is 0 Å². The van der Waals surface area contributed by atoms with Gasteiger partial charge in [-0.2, -0.15) is 0 Å². The topological polar surface area (TPSA) is 232 Å². The second kappa shape index (κ2) is 24.9. The fourth-order valence-electron chi connectivity index (χ4n) is 8.94. The minimum Gasteiger partial charge on any atom is -0.485 e. The van der Waals surface area contributed by atoms with Crippen molar-refractivity contribution in [2.24, 2.45) is 0 Å². The molecule has 0 unspecified atom stereocenters. The lowest BCUT2D eigenvalue weighted by Crippen LogP contribution is -2.27. The average Bonchev–Trinajstić information content (AvgIpc) is 4.30. The molecule has 8 aromatic rings. The van der Waals surface area contributed by atoms with Crippen molar-refractivity contribution in [3.63, 3.8) is 0 Å². The number of fused-ring (bicyclic) bond motifs is 3. The van der Waals surface area contributed by atoms with E-state index in [1.54, 1.807) is 140 Å². The van der Waals surface area contributed by atoms with Gasteiger partial charge in [-0.3, -0.25) is 33.6 Å². The number of hydrogen-bond donors (Lipinski definition) is 6. The molecule has 17 heteroatoms. The number of carbonyl (C=O) groups is 7. The molecular weight excluding hydrogens is 1040 g/mol. The third-order valence-corrected chi connectivity index (χ3v) is 13.2. The van der Waals surface area contributed by atoms with Gasteiger partial charge < -0.3 is 50.5 Å². The maximum atomic E-state index is 13.1. The molecule has 0 saturated heterocycles. The molecule has 0 radical (unpaired) electrons. The molecule has 1 fully saturated rings. The highest BCUT2D eigenvalue weighted by molar-refractivity contribution is 6.18. The number of anilines is 3. The van der Waals surface area contributed by atoms with E-state index in [4.69, 9.17) is 18.6 Å². The summed E-state index contributed by atoms with van der Waals surface area (Å²) in [5.74, 6) is 0.578. The lowest BCUT2D eigenvalue weighted by Gasteiger charge is -2.21. The maximum absolute atomic E-state index is 13.1. The molecule has 0 spiro atoms. The van der Waals surface area contributed by atoms with Crippen LogP contribution in [0.2, 0.25) is 0 Å². The van der Waals surface area contributed by atoms with Crippen molar-refractivity contribution in [2.75, 3.05) is 35.8 Å². The molecule has 4 amide bonds. The summed E-state index contributed by atoms with van der Waals surface area (Å²) in [6.07, 6.45) is 3.53. The van der Waals surface area contributed by atoms with Gasteiger partial charge >= 0.3 is 0 Å². The molecule has 1 saturated carbocycles. The van der Waals surface area contributed by atoms with Crippen LogP contribution in [0, 0.1) is 0 Å². The third kappa shape index (κ3) is 13.2. The molecule has 3 aliphatic heterocycles. The van der Waals surface area contributed by atoms with E-state index in [1.807, 2.05) is 30.3 Å². The zero-order chi connectivity index (χ0) is 57.1. The van der Waals surface area contributed by atoms with Crippen LogP contribution >= 0.6 is 0 Å². The van der Waals surface area contributed by atoms with Gasteiger partial charge in [0.1, 0.15) is 36.2 Å². The number of ether oxygens (including phenoxy) is 3. The Kier molecular flexibility index (Phi) is 16.6.